The maximum absolute atomic E-state index is 5.61. The second-order valence-electron chi connectivity index (χ2n) is 6.49. The highest BCUT2D eigenvalue weighted by Crippen LogP contribution is 2.28. The topological polar surface area (TPSA) is 24.5 Å². The van der Waals surface area contributed by atoms with Gasteiger partial charge in [0.2, 0.25) is 0 Å². The van der Waals surface area contributed by atoms with Crippen LogP contribution in [-0.2, 0) is 4.74 Å². The molecule has 3 rings (SSSR count). The molecule has 2 fully saturated rings. The highest BCUT2D eigenvalue weighted by atomic mass is 16.5. The number of benzene rings is 1. The van der Waals surface area contributed by atoms with Gasteiger partial charge in [0.25, 0.3) is 0 Å². The predicted molar refractivity (Wildman–Crippen MR) is 86.4 cm³/mol. The van der Waals surface area contributed by atoms with Gasteiger partial charge in [-0.1, -0.05) is 37.3 Å². The summed E-state index contributed by atoms with van der Waals surface area (Å²) in [7, 11) is 0. The number of hydrogen-bond acceptors (Lipinski definition) is 3. The summed E-state index contributed by atoms with van der Waals surface area (Å²) in [6.07, 6.45) is 2.43. The van der Waals surface area contributed by atoms with Gasteiger partial charge in [0.15, 0.2) is 0 Å². The van der Waals surface area contributed by atoms with E-state index in [1.165, 1.54) is 18.4 Å². The van der Waals surface area contributed by atoms with Crippen LogP contribution in [0.5, 0.6) is 0 Å². The van der Waals surface area contributed by atoms with Crippen LogP contribution in [0.25, 0.3) is 0 Å². The van der Waals surface area contributed by atoms with Crippen molar-refractivity contribution in [1.82, 2.24) is 10.2 Å². The van der Waals surface area contributed by atoms with Crippen LogP contribution >= 0.6 is 0 Å². The Balaban J connectivity index is 1.72. The minimum absolute atomic E-state index is 0.457. The van der Waals surface area contributed by atoms with Gasteiger partial charge in [0.1, 0.15) is 0 Å². The van der Waals surface area contributed by atoms with Gasteiger partial charge in [-0.3, -0.25) is 4.90 Å². The van der Waals surface area contributed by atoms with Gasteiger partial charge in [0, 0.05) is 37.8 Å². The molecule has 1 N–H and O–H groups in total. The zero-order valence-electron chi connectivity index (χ0n) is 13.3. The van der Waals surface area contributed by atoms with Gasteiger partial charge in [-0.15, -0.1) is 0 Å². The van der Waals surface area contributed by atoms with Crippen molar-refractivity contribution >= 4 is 0 Å². The summed E-state index contributed by atoms with van der Waals surface area (Å²) in [6.45, 7) is 8.79. The van der Waals surface area contributed by atoms with Crippen LogP contribution in [0.1, 0.15) is 38.3 Å². The molecule has 0 amide bonds. The Morgan fingerprint density at radius 1 is 1.33 bits per heavy atom. The average Bonchev–Trinajstić information content (AvgIpc) is 3.09. The Hall–Kier alpha value is -0.900. The highest BCUT2D eigenvalue weighted by molar-refractivity contribution is 5.20. The zero-order chi connectivity index (χ0) is 14.7. The lowest BCUT2D eigenvalue weighted by atomic mass is 9.93. The second kappa shape index (κ2) is 6.91. The summed E-state index contributed by atoms with van der Waals surface area (Å²) in [5.41, 5.74) is 1.41. The van der Waals surface area contributed by atoms with E-state index in [0.717, 1.165) is 26.3 Å². The van der Waals surface area contributed by atoms with Crippen molar-refractivity contribution in [3.8, 4) is 0 Å². The van der Waals surface area contributed by atoms with E-state index in [2.05, 4.69) is 54.4 Å². The number of piperazine rings is 1. The second-order valence-corrected chi connectivity index (χ2v) is 6.49. The fraction of sp³-hybridized carbons (Fsp3) is 0.667. The van der Waals surface area contributed by atoms with E-state index in [1.807, 2.05) is 0 Å². The number of nitrogens with one attached hydrogen (secondary N) is 1. The standard InChI is InChI=1S/C18H28N2O/c1-3-17-11-19-18(15-7-5-4-6-8-15)12-20(17)14(2)16-9-10-21-13-16/h4-8,14,16-19H,3,9-13H2,1-2H3. The Labute approximate surface area is 128 Å². The van der Waals surface area contributed by atoms with Crippen LogP contribution < -0.4 is 5.32 Å². The van der Waals surface area contributed by atoms with Crippen molar-refractivity contribution in [2.24, 2.45) is 5.92 Å². The van der Waals surface area contributed by atoms with Gasteiger partial charge < -0.3 is 10.1 Å². The molecule has 2 aliphatic rings. The van der Waals surface area contributed by atoms with E-state index in [-0.39, 0.29) is 0 Å². The summed E-state index contributed by atoms with van der Waals surface area (Å²) < 4.78 is 5.61. The normalized spacial score (nSPS) is 32.2. The van der Waals surface area contributed by atoms with Crippen LogP contribution in [0, 0.1) is 5.92 Å². The summed E-state index contributed by atoms with van der Waals surface area (Å²) >= 11 is 0. The van der Waals surface area contributed by atoms with Gasteiger partial charge >= 0.3 is 0 Å². The van der Waals surface area contributed by atoms with Crippen LogP contribution in [0.3, 0.4) is 0 Å². The summed E-state index contributed by atoms with van der Waals surface area (Å²) in [5, 5.41) is 3.74. The molecular formula is C18H28N2O. The number of rotatable bonds is 4. The van der Waals surface area contributed by atoms with Crippen molar-refractivity contribution < 1.29 is 4.74 Å². The molecule has 4 atom stereocenters. The Bertz CT molecular complexity index is 430. The van der Waals surface area contributed by atoms with Gasteiger partial charge in [-0.25, -0.2) is 0 Å². The van der Waals surface area contributed by atoms with E-state index < -0.39 is 0 Å². The molecule has 0 aromatic heterocycles. The maximum atomic E-state index is 5.61. The van der Waals surface area contributed by atoms with Crippen molar-refractivity contribution in [3.05, 3.63) is 35.9 Å². The first-order valence-electron chi connectivity index (χ1n) is 8.41. The first-order chi connectivity index (χ1) is 10.3. The van der Waals surface area contributed by atoms with Crippen molar-refractivity contribution in [2.75, 3.05) is 26.3 Å². The molecule has 4 unspecified atom stereocenters. The molecule has 21 heavy (non-hydrogen) atoms. The van der Waals surface area contributed by atoms with Gasteiger partial charge in [0.05, 0.1) is 6.61 Å². The number of ether oxygens (including phenoxy) is 1. The smallest absolute Gasteiger partial charge is 0.0509 e. The molecule has 0 aliphatic carbocycles. The van der Waals surface area contributed by atoms with Crippen LogP contribution in [0.15, 0.2) is 30.3 Å². The lowest BCUT2D eigenvalue weighted by Crippen LogP contribution is -2.57. The molecule has 2 aliphatic heterocycles. The summed E-state index contributed by atoms with van der Waals surface area (Å²) in [6, 6.07) is 12.6. The lowest BCUT2D eigenvalue weighted by molar-refractivity contribution is 0.0522. The molecular weight excluding hydrogens is 260 g/mol. The molecule has 1 aromatic carbocycles. The van der Waals surface area contributed by atoms with Crippen LogP contribution in [0.4, 0.5) is 0 Å². The molecule has 116 valence electrons. The molecule has 3 heteroatoms. The number of hydrogen-bond donors (Lipinski definition) is 1. The van der Waals surface area contributed by atoms with E-state index in [9.17, 15) is 0 Å². The van der Waals surface area contributed by atoms with Gasteiger partial charge in [-0.2, -0.15) is 0 Å². The number of nitrogens with zero attached hydrogens (tertiary/aromatic N) is 1. The minimum Gasteiger partial charge on any atom is -0.381 e. The van der Waals surface area contributed by atoms with Crippen molar-refractivity contribution in [3.63, 3.8) is 0 Å². The van der Waals surface area contributed by atoms with E-state index in [0.29, 0.717) is 24.0 Å². The fourth-order valence-electron chi connectivity index (χ4n) is 3.81. The quantitative estimate of drug-likeness (QED) is 0.922. The average molecular weight is 288 g/mol. The van der Waals surface area contributed by atoms with E-state index >= 15 is 0 Å². The first-order valence-corrected chi connectivity index (χ1v) is 8.41. The largest absolute Gasteiger partial charge is 0.381 e. The highest BCUT2D eigenvalue weighted by Gasteiger charge is 2.35. The van der Waals surface area contributed by atoms with Crippen LogP contribution in [-0.4, -0.2) is 43.3 Å². The fourth-order valence-corrected chi connectivity index (χ4v) is 3.81. The van der Waals surface area contributed by atoms with E-state index in [1.54, 1.807) is 0 Å². The summed E-state index contributed by atoms with van der Waals surface area (Å²) in [4.78, 5) is 2.73. The third kappa shape index (κ3) is 3.31. The van der Waals surface area contributed by atoms with Crippen molar-refractivity contribution in [2.45, 2.75) is 44.8 Å². The molecule has 1 aromatic rings. The SMILES string of the molecule is CCC1CNC(c2ccccc2)CN1C(C)C1CCOC1. The summed E-state index contributed by atoms with van der Waals surface area (Å²) in [5.74, 6) is 0.702. The molecule has 2 heterocycles. The molecule has 0 saturated carbocycles. The molecule has 0 radical (unpaired) electrons. The van der Waals surface area contributed by atoms with Crippen molar-refractivity contribution in [1.29, 1.82) is 0 Å². The third-order valence-electron chi connectivity index (χ3n) is 5.31. The van der Waals surface area contributed by atoms with Crippen LogP contribution in [0.2, 0.25) is 0 Å². The molecule has 0 spiro atoms. The monoisotopic (exact) mass is 288 g/mol. The lowest BCUT2D eigenvalue weighted by Gasteiger charge is -2.45. The zero-order valence-corrected chi connectivity index (χ0v) is 13.3. The molecule has 3 nitrogen and oxygen atoms in total. The predicted octanol–water partition coefficient (Wildman–Crippen LogP) is 2.84. The molecule has 2 saturated heterocycles. The minimum atomic E-state index is 0.457. The van der Waals surface area contributed by atoms with E-state index in [4.69, 9.17) is 4.74 Å². The Morgan fingerprint density at radius 2 is 2.14 bits per heavy atom. The Kier molecular flexibility index (Phi) is 4.94. The third-order valence-corrected chi connectivity index (χ3v) is 5.31. The Morgan fingerprint density at radius 3 is 2.81 bits per heavy atom. The first kappa shape index (κ1) is 15.0. The van der Waals surface area contributed by atoms with Gasteiger partial charge in [-0.05, 0) is 31.2 Å². The molecule has 0 bridgehead atoms. The maximum Gasteiger partial charge on any atom is 0.0509 e.